The molecule has 2 rings (SSSR count). The SMILES string of the molecule is O=C(NCC(F)(F)F)c1[nH]c2ccccc2c1Br. The fourth-order valence-electron chi connectivity index (χ4n) is 1.53. The highest BCUT2D eigenvalue weighted by Crippen LogP contribution is 2.27. The van der Waals surface area contributed by atoms with Crippen LogP contribution in [0.4, 0.5) is 13.2 Å². The summed E-state index contributed by atoms with van der Waals surface area (Å²) in [5, 5.41) is 2.56. The van der Waals surface area contributed by atoms with Crippen molar-refractivity contribution in [1.82, 2.24) is 10.3 Å². The third-order valence-electron chi connectivity index (χ3n) is 2.32. The number of H-pyrrole nitrogens is 1. The molecule has 96 valence electrons. The number of hydrogen-bond donors (Lipinski definition) is 2. The average molecular weight is 321 g/mol. The molecule has 0 spiro atoms. The van der Waals surface area contributed by atoms with Crippen LogP contribution in [-0.2, 0) is 0 Å². The van der Waals surface area contributed by atoms with Crippen molar-refractivity contribution in [2.75, 3.05) is 6.54 Å². The van der Waals surface area contributed by atoms with Crippen molar-refractivity contribution in [1.29, 1.82) is 0 Å². The first kappa shape index (κ1) is 12.9. The first-order chi connectivity index (χ1) is 8.38. The lowest BCUT2D eigenvalue weighted by molar-refractivity contribution is -0.123. The number of nitrogens with one attached hydrogen (secondary N) is 2. The summed E-state index contributed by atoms with van der Waals surface area (Å²) in [5.74, 6) is -0.796. The maximum Gasteiger partial charge on any atom is 0.405 e. The summed E-state index contributed by atoms with van der Waals surface area (Å²) in [6, 6.07) is 7.04. The van der Waals surface area contributed by atoms with E-state index in [0.717, 1.165) is 5.39 Å². The van der Waals surface area contributed by atoms with E-state index in [2.05, 4.69) is 20.9 Å². The Balaban J connectivity index is 2.26. The molecule has 1 amide bonds. The smallest absolute Gasteiger partial charge is 0.350 e. The Bertz CT molecular complexity index is 591. The number of hydrogen-bond acceptors (Lipinski definition) is 1. The molecule has 7 heteroatoms. The summed E-state index contributed by atoms with van der Waals surface area (Å²) in [4.78, 5) is 14.4. The van der Waals surface area contributed by atoms with Crippen molar-refractivity contribution in [3.8, 4) is 0 Å². The van der Waals surface area contributed by atoms with Gasteiger partial charge < -0.3 is 10.3 Å². The van der Waals surface area contributed by atoms with Crippen molar-refractivity contribution in [3.05, 3.63) is 34.4 Å². The minimum atomic E-state index is -4.42. The maximum absolute atomic E-state index is 12.0. The van der Waals surface area contributed by atoms with Crippen LogP contribution >= 0.6 is 15.9 Å². The number of fused-ring (bicyclic) bond motifs is 1. The van der Waals surface area contributed by atoms with E-state index < -0.39 is 18.6 Å². The lowest BCUT2D eigenvalue weighted by atomic mass is 10.2. The van der Waals surface area contributed by atoms with Crippen molar-refractivity contribution in [2.45, 2.75) is 6.18 Å². The molecule has 2 aromatic rings. The highest BCUT2D eigenvalue weighted by atomic mass is 79.9. The standard InChI is InChI=1S/C11H8BrF3N2O/c12-8-6-3-1-2-4-7(6)17-9(8)10(18)16-5-11(13,14)15/h1-4,17H,5H2,(H,16,18). The van der Waals surface area contributed by atoms with Gasteiger partial charge >= 0.3 is 6.18 Å². The second-order valence-corrected chi connectivity index (χ2v) is 4.45. The molecule has 2 N–H and O–H groups in total. The summed E-state index contributed by atoms with van der Waals surface area (Å²) in [5.41, 5.74) is 0.766. The Morgan fingerprint density at radius 2 is 2.00 bits per heavy atom. The van der Waals surface area contributed by atoms with Gasteiger partial charge in [-0.05, 0) is 22.0 Å². The number of carbonyl (C=O) groups is 1. The molecule has 0 aliphatic carbocycles. The quantitative estimate of drug-likeness (QED) is 0.876. The Morgan fingerprint density at radius 1 is 1.33 bits per heavy atom. The predicted octanol–water partition coefficient (Wildman–Crippen LogP) is 3.22. The number of amides is 1. The lowest BCUT2D eigenvalue weighted by Crippen LogP contribution is -2.34. The lowest BCUT2D eigenvalue weighted by Gasteiger charge is -2.07. The van der Waals surface area contributed by atoms with Gasteiger partial charge in [-0.15, -0.1) is 0 Å². The van der Waals surface area contributed by atoms with Crippen molar-refractivity contribution in [3.63, 3.8) is 0 Å². The van der Waals surface area contributed by atoms with Gasteiger partial charge in [-0.1, -0.05) is 18.2 Å². The van der Waals surface area contributed by atoms with Crippen LogP contribution in [-0.4, -0.2) is 23.6 Å². The van der Waals surface area contributed by atoms with Gasteiger partial charge in [0.25, 0.3) is 5.91 Å². The van der Waals surface area contributed by atoms with Gasteiger partial charge in [0, 0.05) is 10.9 Å². The zero-order valence-corrected chi connectivity index (χ0v) is 10.5. The predicted molar refractivity (Wildman–Crippen MR) is 64.4 cm³/mol. The van der Waals surface area contributed by atoms with E-state index in [1.165, 1.54) is 0 Å². The Kier molecular flexibility index (Phi) is 3.34. The highest BCUT2D eigenvalue weighted by Gasteiger charge is 2.28. The second kappa shape index (κ2) is 4.64. The number of benzene rings is 1. The number of para-hydroxylation sites is 1. The Labute approximate surface area is 108 Å². The molecule has 0 fully saturated rings. The van der Waals surface area contributed by atoms with Crippen LogP contribution in [0.25, 0.3) is 10.9 Å². The molecule has 0 bridgehead atoms. The second-order valence-electron chi connectivity index (χ2n) is 3.66. The molecule has 0 atom stereocenters. The molecule has 0 aliphatic rings. The molecule has 18 heavy (non-hydrogen) atoms. The zero-order valence-electron chi connectivity index (χ0n) is 8.94. The van der Waals surface area contributed by atoms with Gasteiger partial charge in [-0.2, -0.15) is 13.2 Å². The van der Waals surface area contributed by atoms with Crippen molar-refractivity contribution < 1.29 is 18.0 Å². The molecule has 0 saturated heterocycles. The monoisotopic (exact) mass is 320 g/mol. The van der Waals surface area contributed by atoms with Gasteiger partial charge in [0.1, 0.15) is 12.2 Å². The number of alkyl halides is 3. The van der Waals surface area contributed by atoms with Crippen molar-refractivity contribution >= 4 is 32.7 Å². The highest BCUT2D eigenvalue weighted by molar-refractivity contribution is 9.10. The van der Waals surface area contributed by atoms with E-state index in [1.807, 2.05) is 5.32 Å². The first-order valence-electron chi connectivity index (χ1n) is 4.99. The minimum Gasteiger partial charge on any atom is -0.350 e. The van der Waals surface area contributed by atoms with Gasteiger partial charge in [0.15, 0.2) is 0 Å². The van der Waals surface area contributed by atoms with E-state index in [1.54, 1.807) is 24.3 Å². The normalized spacial score (nSPS) is 11.8. The first-order valence-corrected chi connectivity index (χ1v) is 5.79. The van der Waals surface area contributed by atoms with Crippen LogP contribution in [0.5, 0.6) is 0 Å². The van der Waals surface area contributed by atoms with Crippen LogP contribution in [0.3, 0.4) is 0 Å². The van der Waals surface area contributed by atoms with E-state index in [9.17, 15) is 18.0 Å². The van der Waals surface area contributed by atoms with Crippen LogP contribution in [0.1, 0.15) is 10.5 Å². The summed E-state index contributed by atoms with van der Waals surface area (Å²) in [7, 11) is 0. The van der Waals surface area contributed by atoms with Crippen LogP contribution in [0.2, 0.25) is 0 Å². The van der Waals surface area contributed by atoms with Crippen LogP contribution in [0.15, 0.2) is 28.7 Å². The van der Waals surface area contributed by atoms with E-state index in [-0.39, 0.29) is 5.69 Å². The van der Waals surface area contributed by atoms with E-state index in [0.29, 0.717) is 9.99 Å². The number of halogens is 4. The summed E-state index contributed by atoms with van der Waals surface area (Å²) in [6.45, 7) is -1.35. The van der Waals surface area contributed by atoms with Crippen molar-refractivity contribution in [2.24, 2.45) is 0 Å². The molecule has 1 aromatic carbocycles. The topological polar surface area (TPSA) is 44.9 Å². The fraction of sp³-hybridized carbons (Fsp3) is 0.182. The molecular weight excluding hydrogens is 313 g/mol. The minimum absolute atomic E-state index is 0.0837. The average Bonchev–Trinajstić information content (AvgIpc) is 2.64. The molecule has 3 nitrogen and oxygen atoms in total. The third-order valence-corrected chi connectivity index (χ3v) is 3.14. The van der Waals surface area contributed by atoms with E-state index in [4.69, 9.17) is 0 Å². The number of aromatic nitrogens is 1. The number of carbonyl (C=O) groups excluding carboxylic acids is 1. The molecular formula is C11H8BrF3N2O. The molecule has 0 unspecified atom stereocenters. The number of aromatic amines is 1. The third kappa shape index (κ3) is 2.66. The van der Waals surface area contributed by atoms with Crippen LogP contribution in [0, 0.1) is 0 Å². The van der Waals surface area contributed by atoms with Gasteiger partial charge in [-0.25, -0.2) is 0 Å². The zero-order chi connectivity index (χ0) is 13.3. The summed E-state index contributed by atoms with van der Waals surface area (Å²) in [6.07, 6.45) is -4.42. The molecule has 0 aliphatic heterocycles. The molecule has 1 heterocycles. The Morgan fingerprint density at radius 3 is 2.61 bits per heavy atom. The molecule has 0 saturated carbocycles. The van der Waals surface area contributed by atoms with E-state index >= 15 is 0 Å². The van der Waals surface area contributed by atoms with Gasteiger partial charge in [-0.3, -0.25) is 4.79 Å². The maximum atomic E-state index is 12.0. The molecule has 1 aromatic heterocycles. The van der Waals surface area contributed by atoms with Gasteiger partial charge in [0.2, 0.25) is 0 Å². The summed E-state index contributed by atoms with van der Waals surface area (Å²) < 4.78 is 36.5. The fourth-order valence-corrected chi connectivity index (χ4v) is 2.16. The Hall–Kier alpha value is -1.50. The number of rotatable bonds is 2. The van der Waals surface area contributed by atoms with Crippen LogP contribution < -0.4 is 5.32 Å². The van der Waals surface area contributed by atoms with Gasteiger partial charge in [0.05, 0.1) is 4.47 Å². The largest absolute Gasteiger partial charge is 0.405 e. The summed E-state index contributed by atoms with van der Waals surface area (Å²) >= 11 is 3.20. The molecule has 0 radical (unpaired) electrons.